The Morgan fingerprint density at radius 3 is 2.33 bits per heavy atom. The number of rotatable bonds is 7. The number of allylic oxidation sites excluding steroid dienone is 1. The second-order valence-corrected chi connectivity index (χ2v) is 8.85. The fraction of sp³-hybridized carbons (Fsp3) is 0.600. The van der Waals surface area contributed by atoms with Gasteiger partial charge in [0.2, 0.25) is 0 Å². The van der Waals surface area contributed by atoms with Gasteiger partial charge in [0.25, 0.3) is 5.91 Å². The van der Waals surface area contributed by atoms with Gasteiger partial charge in [0.1, 0.15) is 5.82 Å². The van der Waals surface area contributed by atoms with Crippen LogP contribution >= 0.6 is 0 Å². The minimum absolute atomic E-state index is 0.0756. The molecular weight excluding hydrogens is 429 g/mol. The second kappa shape index (κ2) is 11.2. The summed E-state index contributed by atoms with van der Waals surface area (Å²) in [6.45, 7) is 9.68. The summed E-state index contributed by atoms with van der Waals surface area (Å²) in [5, 5.41) is 0. The van der Waals surface area contributed by atoms with Crippen molar-refractivity contribution in [2.75, 3.05) is 39.3 Å². The average molecular weight is 465 g/mol. The van der Waals surface area contributed by atoms with E-state index in [1.165, 1.54) is 5.56 Å². The van der Waals surface area contributed by atoms with Crippen molar-refractivity contribution < 1.29 is 18.0 Å². The van der Waals surface area contributed by atoms with Gasteiger partial charge < -0.3 is 9.80 Å². The topological polar surface area (TPSA) is 39.1 Å². The predicted molar refractivity (Wildman–Crippen MR) is 125 cm³/mol. The number of amides is 1. The summed E-state index contributed by atoms with van der Waals surface area (Å²) in [4.78, 5) is 23.4. The van der Waals surface area contributed by atoms with E-state index in [0.29, 0.717) is 31.4 Å². The minimum Gasteiger partial charge on any atom is -0.355 e. The molecule has 33 heavy (non-hydrogen) atoms. The fourth-order valence-electron chi connectivity index (χ4n) is 4.32. The zero-order valence-electron chi connectivity index (χ0n) is 19.8. The highest BCUT2D eigenvalue weighted by molar-refractivity contribution is 5.94. The number of hydrogen-bond donors (Lipinski definition) is 0. The summed E-state index contributed by atoms with van der Waals surface area (Å²) in [5.41, 5.74) is 1.95. The van der Waals surface area contributed by atoms with E-state index in [4.69, 9.17) is 0 Å². The van der Waals surface area contributed by atoms with Crippen molar-refractivity contribution in [2.45, 2.75) is 52.3 Å². The van der Waals surface area contributed by atoms with Gasteiger partial charge >= 0.3 is 6.18 Å². The van der Waals surface area contributed by atoms with Crippen LogP contribution in [0.3, 0.4) is 0 Å². The number of carbonyl (C=O) groups is 1. The first-order chi connectivity index (χ1) is 15.7. The molecule has 2 unspecified atom stereocenters. The number of benzene rings is 1. The van der Waals surface area contributed by atoms with E-state index in [2.05, 4.69) is 21.7 Å². The lowest BCUT2D eigenvalue weighted by molar-refractivity contribution is -0.149. The van der Waals surface area contributed by atoms with E-state index in [1.807, 2.05) is 42.2 Å². The quantitative estimate of drug-likeness (QED) is 0.554. The summed E-state index contributed by atoms with van der Waals surface area (Å²) < 4.78 is 38.5. The van der Waals surface area contributed by atoms with Crippen LogP contribution in [0.1, 0.15) is 49.5 Å². The summed E-state index contributed by atoms with van der Waals surface area (Å²) in [6.07, 6.45) is 1.23. The number of carbonyl (C=O) groups excluding carboxylic acids is 1. The zero-order valence-corrected chi connectivity index (χ0v) is 19.8. The molecular formula is C25H35F3N4O. The lowest BCUT2D eigenvalue weighted by atomic mass is 10.1. The molecule has 2 aliphatic heterocycles. The summed E-state index contributed by atoms with van der Waals surface area (Å²) in [7, 11) is 0. The van der Waals surface area contributed by atoms with Gasteiger partial charge in [-0.05, 0) is 50.0 Å². The smallest absolute Gasteiger partial charge is 0.355 e. The van der Waals surface area contributed by atoms with Gasteiger partial charge in [0.15, 0.2) is 0 Å². The maximum atomic E-state index is 12.8. The molecule has 0 N–H and O–H groups in total. The molecule has 2 atom stereocenters. The maximum Gasteiger partial charge on any atom is 0.396 e. The van der Waals surface area contributed by atoms with Crippen molar-refractivity contribution in [1.82, 2.24) is 14.7 Å². The van der Waals surface area contributed by atoms with Crippen molar-refractivity contribution in [3.8, 4) is 0 Å². The van der Waals surface area contributed by atoms with Crippen LogP contribution in [0, 0.1) is 5.92 Å². The van der Waals surface area contributed by atoms with Crippen LogP contribution in [0.5, 0.6) is 0 Å². The Morgan fingerprint density at radius 1 is 1.09 bits per heavy atom. The van der Waals surface area contributed by atoms with Crippen molar-refractivity contribution in [3.05, 3.63) is 47.3 Å². The maximum absolute atomic E-state index is 12.8. The minimum atomic E-state index is -4.27. The van der Waals surface area contributed by atoms with E-state index in [0.717, 1.165) is 57.7 Å². The third-order valence-electron chi connectivity index (χ3n) is 6.55. The summed E-state index contributed by atoms with van der Waals surface area (Å²) in [5.74, 6) is -0.868. The van der Waals surface area contributed by atoms with Crippen LogP contribution in [0.15, 0.2) is 41.2 Å². The van der Waals surface area contributed by atoms with Gasteiger partial charge in [-0.25, -0.2) is 4.99 Å². The first kappa shape index (κ1) is 25.3. The SMILES string of the molecule is CC/C=C(\N=C/C(C)C(F)(F)F)N1CCC(N2CCN(C(=O)c3ccc(CC)cc3)CC2)C1. The van der Waals surface area contributed by atoms with Crippen LogP contribution in [0.25, 0.3) is 0 Å². The second-order valence-electron chi connectivity index (χ2n) is 8.85. The molecule has 5 nitrogen and oxygen atoms in total. The largest absolute Gasteiger partial charge is 0.396 e. The Labute approximate surface area is 194 Å². The van der Waals surface area contributed by atoms with Crippen molar-refractivity contribution in [3.63, 3.8) is 0 Å². The Bertz CT molecular complexity index is 842. The molecule has 2 fully saturated rings. The Morgan fingerprint density at radius 2 is 1.76 bits per heavy atom. The van der Waals surface area contributed by atoms with Crippen molar-refractivity contribution >= 4 is 12.1 Å². The molecule has 1 amide bonds. The number of aryl methyl sites for hydroxylation is 1. The van der Waals surface area contributed by atoms with Gasteiger partial charge in [0, 0.05) is 57.1 Å². The van der Waals surface area contributed by atoms with Crippen molar-refractivity contribution in [2.24, 2.45) is 10.9 Å². The lowest BCUT2D eigenvalue weighted by Gasteiger charge is -2.38. The van der Waals surface area contributed by atoms with Crippen LogP contribution in [-0.4, -0.2) is 78.3 Å². The molecule has 0 aromatic heterocycles. The number of nitrogens with zero attached hydrogens (tertiary/aromatic N) is 4. The third-order valence-corrected chi connectivity index (χ3v) is 6.55. The fourth-order valence-corrected chi connectivity index (χ4v) is 4.32. The molecule has 0 aliphatic carbocycles. The van der Waals surface area contributed by atoms with Gasteiger partial charge in [-0.1, -0.05) is 26.0 Å². The zero-order chi connectivity index (χ0) is 24.0. The van der Waals surface area contributed by atoms with Crippen LogP contribution in [-0.2, 0) is 6.42 Å². The molecule has 1 aromatic rings. The molecule has 0 spiro atoms. The lowest BCUT2D eigenvalue weighted by Crippen LogP contribution is -2.52. The van der Waals surface area contributed by atoms with E-state index < -0.39 is 12.1 Å². The highest BCUT2D eigenvalue weighted by Crippen LogP contribution is 2.26. The first-order valence-corrected chi connectivity index (χ1v) is 11.9. The molecule has 2 saturated heterocycles. The molecule has 2 aliphatic rings. The monoisotopic (exact) mass is 464 g/mol. The van der Waals surface area contributed by atoms with Gasteiger partial charge in [0.05, 0.1) is 5.92 Å². The average Bonchev–Trinajstić information content (AvgIpc) is 3.31. The number of hydrogen-bond acceptors (Lipinski definition) is 4. The molecule has 0 radical (unpaired) electrons. The number of piperazine rings is 1. The number of aliphatic imine (C=N–C) groups is 1. The number of alkyl halides is 3. The number of likely N-dealkylation sites (tertiary alicyclic amines) is 1. The van der Waals surface area contributed by atoms with E-state index in [1.54, 1.807) is 0 Å². The molecule has 3 rings (SSSR count). The van der Waals surface area contributed by atoms with E-state index in [9.17, 15) is 18.0 Å². The first-order valence-electron chi connectivity index (χ1n) is 11.9. The predicted octanol–water partition coefficient (Wildman–Crippen LogP) is 4.60. The highest BCUT2D eigenvalue weighted by atomic mass is 19.4. The Kier molecular flexibility index (Phi) is 8.57. The third kappa shape index (κ3) is 6.59. The highest BCUT2D eigenvalue weighted by Gasteiger charge is 2.35. The standard InChI is InChI=1S/C25H35F3N4O/c1-4-6-23(29-17-19(3)25(26,27)28)32-12-11-22(18-32)30-13-15-31(16-14-30)24(33)21-9-7-20(5-2)8-10-21/h6-10,17,19,22H,4-5,11-16,18H2,1-3H3/b23-6+,29-17-. The summed E-state index contributed by atoms with van der Waals surface area (Å²) >= 11 is 0. The van der Waals surface area contributed by atoms with Crippen molar-refractivity contribution in [1.29, 1.82) is 0 Å². The summed E-state index contributed by atoms with van der Waals surface area (Å²) in [6, 6.07) is 8.15. The molecule has 0 saturated carbocycles. The van der Waals surface area contributed by atoms with Gasteiger partial charge in [-0.2, -0.15) is 13.2 Å². The van der Waals surface area contributed by atoms with Crippen LogP contribution < -0.4 is 0 Å². The van der Waals surface area contributed by atoms with E-state index in [-0.39, 0.29) is 5.91 Å². The molecule has 8 heteroatoms. The Balaban J connectivity index is 1.53. The molecule has 0 bridgehead atoms. The Hall–Kier alpha value is -2.35. The normalized spacial score (nSPS) is 21.8. The van der Waals surface area contributed by atoms with Gasteiger partial charge in [-0.15, -0.1) is 0 Å². The number of halogens is 3. The van der Waals surface area contributed by atoms with Gasteiger partial charge in [-0.3, -0.25) is 9.69 Å². The molecule has 2 heterocycles. The molecule has 182 valence electrons. The van der Waals surface area contributed by atoms with Crippen LogP contribution in [0.4, 0.5) is 13.2 Å². The van der Waals surface area contributed by atoms with Crippen LogP contribution in [0.2, 0.25) is 0 Å². The molecule has 1 aromatic carbocycles. The van der Waals surface area contributed by atoms with E-state index >= 15 is 0 Å².